The number of rotatable bonds is 52. The topological polar surface area (TPSA) is 78.9 Å². The molecule has 0 spiro atoms. The molecular formula is C59H114O6. The molecule has 0 aliphatic heterocycles. The van der Waals surface area contributed by atoms with Gasteiger partial charge in [0.2, 0.25) is 0 Å². The normalized spacial score (nSPS) is 12.6. The fourth-order valence-corrected chi connectivity index (χ4v) is 8.97. The Balaban J connectivity index is 4.29. The molecule has 2 atom stereocenters. The van der Waals surface area contributed by atoms with Crippen molar-refractivity contribution in [3.63, 3.8) is 0 Å². The van der Waals surface area contributed by atoms with Gasteiger partial charge in [-0.2, -0.15) is 0 Å². The predicted molar refractivity (Wildman–Crippen MR) is 279 cm³/mol. The van der Waals surface area contributed by atoms with Crippen LogP contribution in [0.4, 0.5) is 0 Å². The van der Waals surface area contributed by atoms with Crippen molar-refractivity contribution in [2.45, 2.75) is 330 Å². The van der Waals surface area contributed by atoms with Gasteiger partial charge in [-0.25, -0.2) is 0 Å². The molecule has 0 saturated carbocycles. The van der Waals surface area contributed by atoms with Crippen LogP contribution in [0.2, 0.25) is 0 Å². The van der Waals surface area contributed by atoms with E-state index in [0.717, 1.165) is 75.5 Å². The van der Waals surface area contributed by atoms with Crippen LogP contribution in [0.3, 0.4) is 0 Å². The maximum Gasteiger partial charge on any atom is 0.306 e. The molecule has 0 N–H and O–H groups in total. The van der Waals surface area contributed by atoms with Crippen LogP contribution < -0.4 is 0 Å². The van der Waals surface area contributed by atoms with Crippen molar-refractivity contribution in [1.29, 1.82) is 0 Å². The molecule has 0 radical (unpaired) electrons. The third-order valence-corrected chi connectivity index (χ3v) is 13.8. The van der Waals surface area contributed by atoms with Crippen LogP contribution in [-0.2, 0) is 28.6 Å². The Morgan fingerprint density at radius 1 is 0.308 bits per heavy atom. The van der Waals surface area contributed by atoms with Crippen LogP contribution in [0, 0.1) is 17.8 Å². The predicted octanol–water partition coefficient (Wildman–Crippen LogP) is 19.1. The lowest BCUT2D eigenvalue weighted by molar-refractivity contribution is -0.167. The summed E-state index contributed by atoms with van der Waals surface area (Å²) in [5.41, 5.74) is 0. The average Bonchev–Trinajstić information content (AvgIpc) is 3.28. The van der Waals surface area contributed by atoms with Gasteiger partial charge in [-0.15, -0.1) is 0 Å². The van der Waals surface area contributed by atoms with Gasteiger partial charge in [0.25, 0.3) is 0 Å². The zero-order valence-corrected chi connectivity index (χ0v) is 44.8. The molecule has 0 aliphatic carbocycles. The first kappa shape index (κ1) is 63.4. The van der Waals surface area contributed by atoms with Gasteiger partial charge in [0.15, 0.2) is 6.10 Å². The Morgan fingerprint density at radius 2 is 0.538 bits per heavy atom. The summed E-state index contributed by atoms with van der Waals surface area (Å²) >= 11 is 0. The number of ether oxygens (including phenoxy) is 3. The summed E-state index contributed by atoms with van der Waals surface area (Å²) < 4.78 is 16.9. The minimum Gasteiger partial charge on any atom is -0.462 e. The highest BCUT2D eigenvalue weighted by molar-refractivity contribution is 5.71. The van der Waals surface area contributed by atoms with E-state index in [4.69, 9.17) is 14.2 Å². The lowest BCUT2D eigenvalue weighted by atomic mass is 9.99. The van der Waals surface area contributed by atoms with E-state index in [0.29, 0.717) is 19.3 Å². The molecule has 0 saturated heterocycles. The van der Waals surface area contributed by atoms with E-state index in [1.807, 2.05) is 0 Å². The SMILES string of the molecule is CCC(C)CCCCCCCCCCC(=O)OC[C@H](COC(=O)CCCCCCCCCCCCCCCCC(C)C)OC(=O)CCCCCCCCCCCCCCCCCC(C)C. The number of unbranched alkanes of at least 4 members (excludes halogenated alkanes) is 34. The number of hydrogen-bond acceptors (Lipinski definition) is 6. The zero-order valence-electron chi connectivity index (χ0n) is 44.8. The first-order chi connectivity index (χ1) is 31.6. The van der Waals surface area contributed by atoms with Gasteiger partial charge < -0.3 is 14.2 Å². The molecule has 0 aromatic rings. The van der Waals surface area contributed by atoms with Gasteiger partial charge in [0.05, 0.1) is 0 Å². The maximum absolute atomic E-state index is 12.9. The van der Waals surface area contributed by atoms with E-state index in [1.165, 1.54) is 205 Å². The minimum atomic E-state index is -0.764. The summed E-state index contributed by atoms with van der Waals surface area (Å²) in [6, 6.07) is 0. The van der Waals surface area contributed by atoms with Gasteiger partial charge in [-0.3, -0.25) is 14.4 Å². The van der Waals surface area contributed by atoms with E-state index in [9.17, 15) is 14.4 Å². The van der Waals surface area contributed by atoms with Gasteiger partial charge in [0, 0.05) is 19.3 Å². The van der Waals surface area contributed by atoms with Gasteiger partial charge >= 0.3 is 17.9 Å². The molecule has 0 aromatic heterocycles. The smallest absolute Gasteiger partial charge is 0.306 e. The van der Waals surface area contributed by atoms with Crippen molar-refractivity contribution in [2.24, 2.45) is 17.8 Å². The van der Waals surface area contributed by atoms with E-state index in [1.54, 1.807) is 0 Å². The van der Waals surface area contributed by atoms with E-state index < -0.39 is 6.10 Å². The Bertz CT molecular complexity index is 1010. The average molecular weight is 920 g/mol. The van der Waals surface area contributed by atoms with Crippen LogP contribution >= 0.6 is 0 Å². The second-order valence-corrected chi connectivity index (χ2v) is 21.5. The summed E-state index contributed by atoms with van der Waals surface area (Å²) in [5, 5.41) is 0. The highest BCUT2D eigenvalue weighted by Crippen LogP contribution is 2.19. The Morgan fingerprint density at radius 3 is 0.800 bits per heavy atom. The Labute approximate surface area is 406 Å². The Kier molecular flexibility index (Phi) is 49.1. The summed E-state index contributed by atoms with van der Waals surface area (Å²) in [4.78, 5) is 38.1. The minimum absolute atomic E-state index is 0.0637. The molecule has 0 aliphatic rings. The van der Waals surface area contributed by atoms with Crippen LogP contribution in [0.1, 0.15) is 324 Å². The quantitative estimate of drug-likeness (QED) is 0.0344. The summed E-state index contributed by atoms with van der Waals surface area (Å²) in [5.74, 6) is 1.70. The molecule has 0 bridgehead atoms. The highest BCUT2D eigenvalue weighted by Gasteiger charge is 2.19. The molecule has 386 valence electrons. The van der Waals surface area contributed by atoms with Gasteiger partial charge in [0.1, 0.15) is 13.2 Å². The van der Waals surface area contributed by atoms with Crippen LogP contribution in [0.15, 0.2) is 0 Å². The molecule has 0 amide bonds. The van der Waals surface area contributed by atoms with E-state index in [-0.39, 0.29) is 31.1 Å². The molecule has 0 aromatic carbocycles. The monoisotopic (exact) mass is 919 g/mol. The van der Waals surface area contributed by atoms with Crippen LogP contribution in [0.5, 0.6) is 0 Å². The zero-order chi connectivity index (χ0) is 47.7. The summed E-state index contributed by atoms with van der Waals surface area (Å²) in [6.07, 6.45) is 52.3. The first-order valence-corrected chi connectivity index (χ1v) is 29.1. The number of hydrogen-bond donors (Lipinski definition) is 0. The number of carbonyl (C=O) groups excluding carboxylic acids is 3. The third kappa shape index (κ3) is 51.6. The van der Waals surface area contributed by atoms with E-state index >= 15 is 0 Å². The molecule has 1 unspecified atom stereocenters. The van der Waals surface area contributed by atoms with Crippen molar-refractivity contribution in [3.8, 4) is 0 Å². The first-order valence-electron chi connectivity index (χ1n) is 29.1. The second kappa shape index (κ2) is 50.3. The number of esters is 3. The third-order valence-electron chi connectivity index (χ3n) is 13.8. The molecule has 0 rings (SSSR count). The van der Waals surface area contributed by atoms with Crippen molar-refractivity contribution in [3.05, 3.63) is 0 Å². The standard InChI is InChI=1S/C59H114O6/c1-7-55(6)47-41-35-29-25-26-31-37-43-49-58(61)64-52-56(51-63-57(60)48-42-36-30-23-19-15-12-11-14-18-22-28-34-40-46-54(4)5)65-59(62)50-44-38-32-24-20-16-10-8-9-13-17-21-27-33-39-45-53(2)3/h53-56H,7-52H2,1-6H3/t55?,56-/m0/s1. The lowest BCUT2D eigenvalue weighted by Crippen LogP contribution is -2.30. The molecule has 0 heterocycles. The van der Waals surface area contributed by atoms with Crippen molar-refractivity contribution >= 4 is 17.9 Å². The van der Waals surface area contributed by atoms with Crippen molar-refractivity contribution < 1.29 is 28.6 Å². The summed E-state index contributed by atoms with van der Waals surface area (Å²) in [6.45, 7) is 13.8. The molecule has 65 heavy (non-hydrogen) atoms. The highest BCUT2D eigenvalue weighted by atomic mass is 16.6. The molecular weight excluding hydrogens is 805 g/mol. The largest absolute Gasteiger partial charge is 0.462 e. The summed E-state index contributed by atoms with van der Waals surface area (Å²) in [7, 11) is 0. The molecule has 6 heteroatoms. The fourth-order valence-electron chi connectivity index (χ4n) is 8.97. The van der Waals surface area contributed by atoms with Gasteiger partial charge in [-0.05, 0) is 37.0 Å². The number of carbonyl (C=O) groups is 3. The second-order valence-electron chi connectivity index (χ2n) is 21.5. The van der Waals surface area contributed by atoms with E-state index in [2.05, 4.69) is 41.5 Å². The van der Waals surface area contributed by atoms with Crippen molar-refractivity contribution in [1.82, 2.24) is 0 Å². The maximum atomic E-state index is 12.9. The molecule has 0 fully saturated rings. The van der Waals surface area contributed by atoms with Crippen LogP contribution in [-0.4, -0.2) is 37.2 Å². The van der Waals surface area contributed by atoms with Crippen molar-refractivity contribution in [2.75, 3.05) is 13.2 Å². The molecule has 6 nitrogen and oxygen atoms in total. The van der Waals surface area contributed by atoms with Crippen LogP contribution in [0.25, 0.3) is 0 Å². The lowest BCUT2D eigenvalue weighted by Gasteiger charge is -2.18. The van der Waals surface area contributed by atoms with Gasteiger partial charge in [-0.1, -0.05) is 286 Å². The Hall–Kier alpha value is -1.59. The fraction of sp³-hybridized carbons (Fsp3) is 0.949.